The number of hydrogen-bond acceptors (Lipinski definition) is 3. The van der Waals surface area contributed by atoms with Gasteiger partial charge in [-0.3, -0.25) is 0 Å². The second kappa shape index (κ2) is 10.3. The Balaban J connectivity index is 1.58. The summed E-state index contributed by atoms with van der Waals surface area (Å²) in [7, 11) is 0. The lowest BCUT2D eigenvalue weighted by Crippen LogP contribution is -2.45. The van der Waals surface area contributed by atoms with Crippen LogP contribution >= 0.6 is 0 Å². The van der Waals surface area contributed by atoms with Crippen LogP contribution in [0.5, 0.6) is 0 Å². The zero-order valence-electron chi connectivity index (χ0n) is 22.3. The zero-order valence-corrected chi connectivity index (χ0v) is 22.3. The van der Waals surface area contributed by atoms with E-state index in [-0.39, 0.29) is 18.1 Å². The van der Waals surface area contributed by atoms with Crippen LogP contribution < -0.4 is 0 Å². The Kier molecular flexibility index (Phi) is 7.43. The second-order valence-electron chi connectivity index (χ2n) is 10.9. The van der Waals surface area contributed by atoms with Crippen molar-refractivity contribution in [3.8, 4) is 11.1 Å². The predicted octanol–water partition coefficient (Wildman–Crippen LogP) is 8.57. The second-order valence-corrected chi connectivity index (χ2v) is 10.9. The first kappa shape index (κ1) is 30.4. The third-order valence-electron chi connectivity index (χ3n) is 8.38. The van der Waals surface area contributed by atoms with Crippen molar-refractivity contribution in [2.45, 2.75) is 75.2 Å². The molecule has 3 aromatic carbocycles. The minimum atomic E-state index is -5.05. The first-order chi connectivity index (χ1) is 19.4. The van der Waals surface area contributed by atoms with Gasteiger partial charge in [0.15, 0.2) is 0 Å². The van der Waals surface area contributed by atoms with Gasteiger partial charge in [0, 0.05) is 17.5 Å². The summed E-state index contributed by atoms with van der Waals surface area (Å²) in [4.78, 5) is 1.57. The normalized spacial score (nSPS) is 27.0. The van der Waals surface area contributed by atoms with Gasteiger partial charge in [-0.15, -0.1) is 0 Å². The van der Waals surface area contributed by atoms with Crippen molar-refractivity contribution in [3.63, 3.8) is 0 Å². The van der Waals surface area contributed by atoms with Crippen molar-refractivity contribution in [2.24, 2.45) is 0 Å². The minimum Gasteiger partial charge on any atom is -0.356 e. The van der Waals surface area contributed by atoms with Crippen molar-refractivity contribution >= 4 is 0 Å². The molecule has 5 unspecified atom stereocenters. The summed E-state index contributed by atoms with van der Waals surface area (Å²) < 4.78 is 127. The highest BCUT2D eigenvalue weighted by molar-refractivity contribution is 5.69. The standard InChI is InChI=1S/C30H26F9NO2/c1-3-24-27(2,22-7-5-4-6-21(22)16-8-10-18(11-9-16)28(31,32)33)15-23-25(42-26(41)40(23)24)17-12-19(29(34,35)36)14-20(13-17)30(37,38)39/h4-14,23-26,41H,3,15H2,1-2H3. The van der Waals surface area contributed by atoms with Gasteiger partial charge in [0.1, 0.15) is 6.10 Å². The van der Waals surface area contributed by atoms with Crippen LogP contribution in [-0.4, -0.2) is 28.5 Å². The van der Waals surface area contributed by atoms with E-state index in [0.29, 0.717) is 29.7 Å². The average molecular weight is 604 g/mol. The van der Waals surface area contributed by atoms with E-state index in [1.807, 2.05) is 13.8 Å². The molecule has 0 aliphatic carbocycles. The maximum Gasteiger partial charge on any atom is 0.416 e. The molecule has 0 aromatic heterocycles. The number of alkyl halides is 9. The first-order valence-corrected chi connectivity index (χ1v) is 13.1. The van der Waals surface area contributed by atoms with Gasteiger partial charge in [0.2, 0.25) is 6.41 Å². The number of fused-ring (bicyclic) bond motifs is 1. The molecule has 226 valence electrons. The summed E-state index contributed by atoms with van der Waals surface area (Å²) in [5.41, 5.74) is -3.10. The Hall–Kier alpha value is -3.09. The molecule has 12 heteroatoms. The summed E-state index contributed by atoms with van der Waals surface area (Å²) in [5.74, 6) is 0. The number of hydrogen-bond donors (Lipinski definition) is 1. The lowest BCUT2D eigenvalue weighted by atomic mass is 9.71. The molecule has 2 aliphatic heterocycles. The fourth-order valence-electron chi connectivity index (χ4n) is 6.58. The fraction of sp³-hybridized carbons (Fsp3) is 0.400. The van der Waals surface area contributed by atoms with Crippen molar-refractivity contribution < 1.29 is 49.4 Å². The first-order valence-electron chi connectivity index (χ1n) is 13.1. The number of aliphatic hydroxyl groups is 1. The summed E-state index contributed by atoms with van der Waals surface area (Å²) in [6.45, 7) is 3.71. The maximum atomic E-state index is 13.6. The molecule has 2 fully saturated rings. The average Bonchev–Trinajstić information content (AvgIpc) is 3.39. The Morgan fingerprint density at radius 1 is 0.810 bits per heavy atom. The van der Waals surface area contributed by atoms with E-state index in [0.717, 1.165) is 17.7 Å². The van der Waals surface area contributed by atoms with Crippen LogP contribution in [0.25, 0.3) is 11.1 Å². The fourth-order valence-corrected chi connectivity index (χ4v) is 6.58. The van der Waals surface area contributed by atoms with Crippen molar-refractivity contribution in [1.82, 2.24) is 4.90 Å². The lowest BCUT2D eigenvalue weighted by molar-refractivity contribution is -0.163. The van der Waals surface area contributed by atoms with Crippen LogP contribution in [0.4, 0.5) is 39.5 Å². The maximum absolute atomic E-state index is 13.6. The van der Waals surface area contributed by atoms with Gasteiger partial charge in [-0.1, -0.05) is 50.2 Å². The van der Waals surface area contributed by atoms with Crippen LogP contribution in [0.3, 0.4) is 0 Å². The molecular formula is C30H26F9NO2. The van der Waals surface area contributed by atoms with E-state index in [2.05, 4.69) is 0 Å². The molecular weight excluding hydrogens is 577 g/mol. The van der Waals surface area contributed by atoms with Gasteiger partial charge in [0.05, 0.1) is 16.7 Å². The van der Waals surface area contributed by atoms with Crippen molar-refractivity contribution in [3.05, 3.63) is 94.5 Å². The molecule has 3 aromatic rings. The van der Waals surface area contributed by atoms with Gasteiger partial charge < -0.3 is 9.84 Å². The molecule has 42 heavy (non-hydrogen) atoms. The Morgan fingerprint density at radius 2 is 1.36 bits per heavy atom. The largest absolute Gasteiger partial charge is 0.416 e. The van der Waals surface area contributed by atoms with E-state index in [1.165, 1.54) is 12.1 Å². The summed E-state index contributed by atoms with van der Waals surface area (Å²) in [6.07, 6.45) is -16.9. The van der Waals surface area contributed by atoms with Crippen LogP contribution in [0.1, 0.15) is 60.6 Å². The Labute approximate surface area is 235 Å². The van der Waals surface area contributed by atoms with Crippen LogP contribution in [0.2, 0.25) is 0 Å². The quantitative estimate of drug-likeness (QED) is 0.304. The molecule has 0 radical (unpaired) electrons. The summed E-state index contributed by atoms with van der Waals surface area (Å²) in [5, 5.41) is 10.9. The molecule has 2 heterocycles. The lowest BCUT2D eigenvalue weighted by Gasteiger charge is -2.37. The van der Waals surface area contributed by atoms with Crippen LogP contribution in [0, 0.1) is 0 Å². The predicted molar refractivity (Wildman–Crippen MR) is 135 cm³/mol. The number of aliphatic hydroxyl groups excluding tert-OH is 1. The molecule has 5 rings (SSSR count). The zero-order chi connectivity index (χ0) is 30.8. The molecule has 0 spiro atoms. The van der Waals surface area contributed by atoms with Gasteiger partial charge in [0.25, 0.3) is 0 Å². The third kappa shape index (κ3) is 5.28. The highest BCUT2D eigenvalue weighted by Crippen LogP contribution is 2.55. The summed E-state index contributed by atoms with van der Waals surface area (Å²) in [6, 6.07) is 11.7. The monoisotopic (exact) mass is 603 g/mol. The highest BCUT2D eigenvalue weighted by atomic mass is 19.4. The van der Waals surface area contributed by atoms with E-state index < -0.39 is 65.2 Å². The van der Waals surface area contributed by atoms with Gasteiger partial charge in [-0.05, 0) is 65.4 Å². The number of halogens is 9. The molecule has 5 atom stereocenters. The van der Waals surface area contributed by atoms with E-state index in [4.69, 9.17) is 4.74 Å². The Bertz CT molecular complexity index is 1420. The molecule has 3 nitrogen and oxygen atoms in total. The number of rotatable bonds is 4. The van der Waals surface area contributed by atoms with E-state index in [9.17, 15) is 44.6 Å². The van der Waals surface area contributed by atoms with Crippen LogP contribution in [0.15, 0.2) is 66.7 Å². The van der Waals surface area contributed by atoms with Crippen molar-refractivity contribution in [2.75, 3.05) is 0 Å². The van der Waals surface area contributed by atoms with Crippen molar-refractivity contribution in [1.29, 1.82) is 0 Å². The van der Waals surface area contributed by atoms with Gasteiger partial charge >= 0.3 is 18.5 Å². The SMILES string of the molecule is CCC1N2C(O)OC(c3cc(C(F)(F)F)cc(C(F)(F)F)c3)C2CC1(C)c1ccccc1-c1ccc(C(F)(F)F)cc1. The molecule has 2 saturated heterocycles. The third-order valence-corrected chi connectivity index (χ3v) is 8.38. The van der Waals surface area contributed by atoms with E-state index >= 15 is 0 Å². The van der Waals surface area contributed by atoms with Gasteiger partial charge in [-0.2, -0.15) is 39.5 Å². The number of ether oxygens (including phenoxy) is 1. The molecule has 0 saturated carbocycles. The number of benzene rings is 3. The summed E-state index contributed by atoms with van der Waals surface area (Å²) >= 11 is 0. The topological polar surface area (TPSA) is 32.7 Å². The van der Waals surface area contributed by atoms with E-state index in [1.54, 1.807) is 29.2 Å². The van der Waals surface area contributed by atoms with Gasteiger partial charge in [-0.25, -0.2) is 4.90 Å². The molecule has 0 amide bonds. The number of nitrogens with zero attached hydrogens (tertiary/aromatic N) is 1. The molecule has 1 N–H and O–H groups in total. The molecule has 0 bridgehead atoms. The smallest absolute Gasteiger partial charge is 0.356 e. The highest BCUT2D eigenvalue weighted by Gasteiger charge is 2.59. The van der Waals surface area contributed by atoms with Crippen LogP contribution in [-0.2, 0) is 28.7 Å². The minimum absolute atomic E-state index is 0.0422. The Morgan fingerprint density at radius 3 is 1.88 bits per heavy atom. The molecule has 2 aliphatic rings.